The molecule has 4 rings (SSSR count). The molecule has 0 aliphatic carbocycles. The number of carbonyl (C=O) groups is 1. The van der Waals surface area contributed by atoms with Gasteiger partial charge in [-0.05, 0) is 30.5 Å². The third-order valence-electron chi connectivity index (χ3n) is 5.37. The molecule has 1 aliphatic heterocycles. The lowest BCUT2D eigenvalue weighted by atomic mass is 9.72. The maximum atomic E-state index is 13.3. The average Bonchev–Trinajstić information content (AvgIpc) is 3.28. The number of carbonyl (C=O) groups excluding carboxylic acids is 1. The number of aromatic nitrogens is 1. The molecule has 6 nitrogen and oxygen atoms in total. The Balaban J connectivity index is 1.61. The number of sulfonamides is 1. The summed E-state index contributed by atoms with van der Waals surface area (Å²) in [6.45, 7) is 0.550. The van der Waals surface area contributed by atoms with E-state index in [2.05, 4.69) is 10.3 Å². The predicted molar refractivity (Wildman–Crippen MR) is 113 cm³/mol. The van der Waals surface area contributed by atoms with Gasteiger partial charge in [0.05, 0.1) is 10.3 Å². The highest BCUT2D eigenvalue weighted by Crippen LogP contribution is 2.38. The molecule has 0 unspecified atom stereocenters. The molecule has 0 spiro atoms. The van der Waals surface area contributed by atoms with Crippen molar-refractivity contribution in [3.8, 4) is 0 Å². The molecule has 8 heteroatoms. The first-order valence-electron chi connectivity index (χ1n) is 9.34. The molecule has 1 saturated heterocycles. The molecule has 2 heterocycles. The number of anilines is 1. The van der Waals surface area contributed by atoms with Crippen LogP contribution in [0.3, 0.4) is 0 Å². The summed E-state index contributed by atoms with van der Waals surface area (Å²) in [4.78, 5) is 17.7. The topological polar surface area (TPSA) is 79.4 Å². The highest BCUT2D eigenvalue weighted by atomic mass is 32.2. The van der Waals surface area contributed by atoms with Gasteiger partial charge in [0.15, 0.2) is 5.13 Å². The fraction of sp³-hybridized carbons (Fsp3) is 0.238. The minimum Gasteiger partial charge on any atom is -0.301 e. The Hall–Kier alpha value is -2.55. The summed E-state index contributed by atoms with van der Waals surface area (Å²) in [6, 6.07) is 18.0. The van der Waals surface area contributed by atoms with Gasteiger partial charge >= 0.3 is 0 Å². The molecule has 0 saturated carbocycles. The number of amides is 1. The standard InChI is InChI=1S/C21H21N3O3S2/c25-19(23-20-22-13-16-28-20)21(17-7-3-1-4-8-17)11-14-24(15-12-21)29(26,27)18-9-5-2-6-10-18/h1-10,13,16H,11-12,14-15H2,(H,22,23,25). The number of nitrogens with zero attached hydrogens (tertiary/aromatic N) is 2. The highest BCUT2D eigenvalue weighted by molar-refractivity contribution is 7.89. The SMILES string of the molecule is O=C(Nc1nccs1)C1(c2ccccc2)CCN(S(=O)(=O)c2ccccc2)CC1. The lowest BCUT2D eigenvalue weighted by Gasteiger charge is -2.40. The van der Waals surface area contributed by atoms with E-state index in [0.717, 1.165) is 5.56 Å². The Morgan fingerprint density at radius 2 is 1.62 bits per heavy atom. The molecular formula is C21H21N3O3S2. The van der Waals surface area contributed by atoms with Crippen molar-refractivity contribution in [1.29, 1.82) is 0 Å². The first-order chi connectivity index (χ1) is 14.0. The van der Waals surface area contributed by atoms with Gasteiger partial charge < -0.3 is 5.32 Å². The van der Waals surface area contributed by atoms with Crippen molar-refractivity contribution >= 4 is 32.4 Å². The number of benzene rings is 2. The summed E-state index contributed by atoms with van der Waals surface area (Å²) in [5.74, 6) is -0.143. The van der Waals surface area contributed by atoms with Crippen LogP contribution in [0.5, 0.6) is 0 Å². The minimum atomic E-state index is -3.58. The van der Waals surface area contributed by atoms with Gasteiger partial charge in [0.25, 0.3) is 0 Å². The van der Waals surface area contributed by atoms with Crippen molar-refractivity contribution in [1.82, 2.24) is 9.29 Å². The number of piperidine rings is 1. The van der Waals surface area contributed by atoms with E-state index in [1.807, 2.05) is 30.3 Å². The molecular weight excluding hydrogens is 406 g/mol. The molecule has 1 amide bonds. The van der Waals surface area contributed by atoms with Crippen molar-refractivity contribution in [3.63, 3.8) is 0 Å². The lowest BCUT2D eigenvalue weighted by molar-refractivity contribution is -0.123. The summed E-state index contributed by atoms with van der Waals surface area (Å²) >= 11 is 1.36. The molecule has 29 heavy (non-hydrogen) atoms. The number of rotatable bonds is 5. The lowest BCUT2D eigenvalue weighted by Crippen LogP contribution is -2.50. The van der Waals surface area contributed by atoms with Gasteiger partial charge in [0, 0.05) is 24.7 Å². The van der Waals surface area contributed by atoms with Crippen LogP contribution in [0.4, 0.5) is 5.13 Å². The van der Waals surface area contributed by atoms with Gasteiger partial charge in [-0.15, -0.1) is 11.3 Å². The maximum Gasteiger partial charge on any atom is 0.243 e. The van der Waals surface area contributed by atoms with Crippen molar-refractivity contribution < 1.29 is 13.2 Å². The van der Waals surface area contributed by atoms with Crippen LogP contribution < -0.4 is 5.32 Å². The number of thiazole rings is 1. The highest BCUT2D eigenvalue weighted by Gasteiger charge is 2.45. The number of hydrogen-bond acceptors (Lipinski definition) is 5. The number of nitrogens with one attached hydrogen (secondary N) is 1. The fourth-order valence-electron chi connectivity index (χ4n) is 3.76. The van der Waals surface area contributed by atoms with Crippen molar-refractivity contribution in [2.45, 2.75) is 23.2 Å². The minimum absolute atomic E-state index is 0.143. The second-order valence-corrected chi connectivity index (χ2v) is 9.79. The van der Waals surface area contributed by atoms with E-state index >= 15 is 0 Å². The van der Waals surface area contributed by atoms with E-state index in [4.69, 9.17) is 0 Å². The molecule has 0 bridgehead atoms. The second-order valence-electron chi connectivity index (χ2n) is 6.96. The monoisotopic (exact) mass is 427 g/mol. The van der Waals surface area contributed by atoms with Gasteiger partial charge in [-0.3, -0.25) is 4.79 Å². The van der Waals surface area contributed by atoms with Gasteiger partial charge in [-0.1, -0.05) is 48.5 Å². The van der Waals surface area contributed by atoms with Crippen LogP contribution in [-0.2, 0) is 20.2 Å². The van der Waals surface area contributed by atoms with Crippen LogP contribution in [0.1, 0.15) is 18.4 Å². The van der Waals surface area contributed by atoms with Crippen molar-refractivity contribution in [2.24, 2.45) is 0 Å². The largest absolute Gasteiger partial charge is 0.301 e. The van der Waals surface area contributed by atoms with Crippen molar-refractivity contribution in [3.05, 3.63) is 77.8 Å². The third-order valence-corrected chi connectivity index (χ3v) is 7.97. The number of hydrogen-bond donors (Lipinski definition) is 1. The molecule has 1 aliphatic rings. The average molecular weight is 428 g/mol. The van der Waals surface area contributed by atoms with E-state index in [9.17, 15) is 13.2 Å². The zero-order chi connectivity index (χ0) is 20.3. The summed E-state index contributed by atoms with van der Waals surface area (Å²) in [5, 5.41) is 5.27. The van der Waals surface area contributed by atoms with Crippen LogP contribution in [-0.4, -0.2) is 36.7 Å². The summed E-state index contributed by atoms with van der Waals surface area (Å²) < 4.78 is 27.4. The predicted octanol–water partition coefficient (Wildman–Crippen LogP) is 3.50. The Morgan fingerprint density at radius 1 is 1.00 bits per heavy atom. The van der Waals surface area contributed by atoms with E-state index in [0.29, 0.717) is 18.0 Å². The van der Waals surface area contributed by atoms with Crippen LogP contribution in [0.15, 0.2) is 77.1 Å². The third kappa shape index (κ3) is 3.83. The Bertz CT molecular complexity index is 1060. The molecule has 150 valence electrons. The second kappa shape index (κ2) is 8.06. The Kier molecular flexibility index (Phi) is 5.49. The maximum absolute atomic E-state index is 13.3. The molecule has 2 aromatic carbocycles. The first kappa shape index (κ1) is 19.8. The van der Waals surface area contributed by atoms with Gasteiger partial charge in [0.2, 0.25) is 15.9 Å². The van der Waals surface area contributed by atoms with E-state index in [1.165, 1.54) is 15.6 Å². The summed E-state index contributed by atoms with van der Waals surface area (Å²) in [6.07, 6.45) is 2.45. The summed E-state index contributed by atoms with van der Waals surface area (Å²) in [5.41, 5.74) is 0.0983. The zero-order valence-electron chi connectivity index (χ0n) is 15.7. The molecule has 1 N–H and O–H groups in total. The first-order valence-corrected chi connectivity index (χ1v) is 11.7. The van der Waals surface area contributed by atoms with E-state index in [1.54, 1.807) is 41.9 Å². The zero-order valence-corrected chi connectivity index (χ0v) is 17.3. The fourth-order valence-corrected chi connectivity index (χ4v) is 5.74. The molecule has 1 fully saturated rings. The van der Waals surface area contributed by atoms with Crippen LogP contribution in [0, 0.1) is 0 Å². The molecule has 3 aromatic rings. The van der Waals surface area contributed by atoms with Gasteiger partial charge in [0.1, 0.15) is 0 Å². The molecule has 1 aromatic heterocycles. The Morgan fingerprint density at radius 3 is 2.21 bits per heavy atom. The van der Waals surface area contributed by atoms with Gasteiger partial charge in [-0.2, -0.15) is 4.31 Å². The normalized spacial score (nSPS) is 17.0. The smallest absolute Gasteiger partial charge is 0.243 e. The van der Waals surface area contributed by atoms with E-state index in [-0.39, 0.29) is 23.9 Å². The molecule has 0 atom stereocenters. The summed E-state index contributed by atoms with van der Waals surface area (Å²) in [7, 11) is -3.58. The van der Waals surface area contributed by atoms with Crippen LogP contribution in [0.2, 0.25) is 0 Å². The van der Waals surface area contributed by atoms with Gasteiger partial charge in [-0.25, -0.2) is 13.4 Å². The van der Waals surface area contributed by atoms with Crippen molar-refractivity contribution in [2.75, 3.05) is 18.4 Å². The van der Waals surface area contributed by atoms with E-state index < -0.39 is 15.4 Å². The Labute approximate surface area is 174 Å². The van der Waals surface area contributed by atoms with Crippen LogP contribution in [0.25, 0.3) is 0 Å². The quantitative estimate of drug-likeness (QED) is 0.676. The van der Waals surface area contributed by atoms with Crippen LogP contribution >= 0.6 is 11.3 Å². The molecule has 0 radical (unpaired) electrons.